The summed E-state index contributed by atoms with van der Waals surface area (Å²) in [6.07, 6.45) is -1.97. The first-order valence-corrected chi connectivity index (χ1v) is 17.7. The van der Waals surface area contributed by atoms with Crippen molar-refractivity contribution >= 4 is 49.8 Å². The predicted molar refractivity (Wildman–Crippen MR) is 171 cm³/mol. The van der Waals surface area contributed by atoms with Gasteiger partial charge in [-0.15, -0.1) is 4.90 Å². The van der Waals surface area contributed by atoms with Gasteiger partial charge in [-0.1, -0.05) is 60.7 Å². The average molecular weight is 631 g/mol. The van der Waals surface area contributed by atoms with E-state index in [0.717, 1.165) is 11.1 Å². The Kier molecular flexibility index (Phi) is 13.6. The third-order valence-electron chi connectivity index (χ3n) is 5.31. The highest BCUT2D eigenvalue weighted by Gasteiger charge is 2.30. The number of aliphatic imine (C=N–C) groups is 1. The molecule has 0 heterocycles. The molecule has 0 aromatic heterocycles. The van der Waals surface area contributed by atoms with E-state index in [-0.39, 0.29) is 24.8 Å². The fraction of sp³-hybridized carbons (Fsp3) is 0.433. The van der Waals surface area contributed by atoms with Crippen molar-refractivity contribution in [2.24, 2.45) is 10.7 Å². The van der Waals surface area contributed by atoms with Gasteiger partial charge in [0.25, 0.3) is 0 Å². The van der Waals surface area contributed by atoms with Crippen LogP contribution >= 0.6 is 12.2 Å². The Hall–Kier alpha value is -3.97. The quantitative estimate of drug-likeness (QED) is 0.0749. The fourth-order valence-electron chi connectivity index (χ4n) is 3.46. The summed E-state index contributed by atoms with van der Waals surface area (Å²) in [7, 11) is -2.04. The number of hydrogen-bond acceptors (Lipinski definition) is 9. The lowest BCUT2D eigenvalue weighted by Crippen LogP contribution is -2.47. The number of nitrogens with one attached hydrogen (secondary N) is 1. The van der Waals surface area contributed by atoms with Crippen molar-refractivity contribution in [2.75, 3.05) is 6.54 Å². The Morgan fingerprint density at radius 1 is 0.930 bits per heavy atom. The smallest absolute Gasteiger partial charge is 0.426 e. The van der Waals surface area contributed by atoms with Gasteiger partial charge in [-0.2, -0.15) is 0 Å². The van der Waals surface area contributed by atoms with Crippen LogP contribution in [-0.2, 0) is 31.9 Å². The SMILES string of the molecule is CC(C)(C)OC(=O)NC(CCCN=C(N)N(C(=O)OCc1ccccc1)C(=O)OCc1ccccc1)C(=S)O[Si](C)(C)C. The number of benzene rings is 2. The summed E-state index contributed by atoms with van der Waals surface area (Å²) < 4.78 is 22.0. The van der Waals surface area contributed by atoms with E-state index in [1.54, 1.807) is 69.3 Å². The van der Waals surface area contributed by atoms with Crippen molar-refractivity contribution in [1.29, 1.82) is 0 Å². The van der Waals surface area contributed by atoms with Crippen LogP contribution in [0.4, 0.5) is 14.4 Å². The van der Waals surface area contributed by atoms with Crippen LogP contribution in [0.5, 0.6) is 0 Å². The molecule has 0 spiro atoms. The maximum absolute atomic E-state index is 13.0. The van der Waals surface area contributed by atoms with Crippen molar-refractivity contribution in [3.8, 4) is 0 Å². The van der Waals surface area contributed by atoms with Crippen molar-refractivity contribution in [1.82, 2.24) is 10.2 Å². The van der Waals surface area contributed by atoms with Crippen molar-refractivity contribution in [2.45, 2.75) is 78.1 Å². The topological polar surface area (TPSA) is 142 Å². The van der Waals surface area contributed by atoms with E-state index in [9.17, 15) is 14.4 Å². The average Bonchev–Trinajstić information content (AvgIpc) is 2.91. The number of amides is 3. The number of ether oxygens (including phenoxy) is 3. The second kappa shape index (κ2) is 16.6. The number of nitrogens with two attached hydrogens (primary N) is 1. The van der Waals surface area contributed by atoms with Crippen LogP contribution in [0.3, 0.4) is 0 Å². The molecule has 1 atom stereocenters. The lowest BCUT2D eigenvalue weighted by Gasteiger charge is -2.27. The third kappa shape index (κ3) is 14.2. The zero-order valence-electron chi connectivity index (χ0n) is 25.6. The molecule has 3 amide bonds. The van der Waals surface area contributed by atoms with Crippen LogP contribution < -0.4 is 11.1 Å². The van der Waals surface area contributed by atoms with E-state index in [2.05, 4.69) is 10.3 Å². The number of alkyl carbamates (subject to hydrolysis) is 1. The molecule has 43 heavy (non-hydrogen) atoms. The lowest BCUT2D eigenvalue weighted by molar-refractivity contribution is 0.0513. The van der Waals surface area contributed by atoms with Gasteiger partial charge in [-0.3, -0.25) is 4.99 Å². The normalized spacial score (nSPS) is 12.5. The monoisotopic (exact) mass is 630 g/mol. The van der Waals surface area contributed by atoms with Gasteiger partial charge in [-0.25, -0.2) is 14.4 Å². The second-order valence-corrected chi connectivity index (χ2v) is 16.4. The number of thiocarbonyl (C=S) groups is 1. The zero-order valence-corrected chi connectivity index (χ0v) is 27.4. The van der Waals surface area contributed by atoms with Crippen LogP contribution in [0.25, 0.3) is 0 Å². The van der Waals surface area contributed by atoms with Gasteiger partial charge in [0.05, 0.1) is 6.04 Å². The van der Waals surface area contributed by atoms with Crippen LogP contribution in [0.1, 0.15) is 44.7 Å². The van der Waals surface area contributed by atoms with E-state index in [1.165, 1.54) is 0 Å². The van der Waals surface area contributed by atoms with Crippen molar-refractivity contribution in [3.63, 3.8) is 0 Å². The van der Waals surface area contributed by atoms with Crippen LogP contribution in [0.2, 0.25) is 19.6 Å². The highest BCUT2D eigenvalue weighted by atomic mass is 32.1. The summed E-state index contributed by atoms with van der Waals surface area (Å²) in [6.45, 7) is 11.2. The molecule has 2 rings (SSSR count). The van der Waals surface area contributed by atoms with Crippen molar-refractivity contribution < 1.29 is 33.0 Å². The number of imide groups is 1. The Morgan fingerprint density at radius 3 is 1.86 bits per heavy atom. The molecule has 0 aliphatic carbocycles. The van der Waals surface area contributed by atoms with Crippen LogP contribution in [-0.4, -0.2) is 60.7 Å². The Labute approximate surface area is 259 Å². The van der Waals surface area contributed by atoms with E-state index in [1.807, 2.05) is 31.8 Å². The summed E-state index contributed by atoms with van der Waals surface area (Å²) in [5.41, 5.74) is 6.87. The highest BCUT2D eigenvalue weighted by Crippen LogP contribution is 2.13. The van der Waals surface area contributed by atoms with E-state index in [4.69, 9.17) is 36.6 Å². The molecule has 13 heteroatoms. The molecule has 11 nitrogen and oxygen atoms in total. The molecule has 2 aromatic carbocycles. The molecule has 0 aliphatic rings. The molecule has 2 aromatic rings. The standard InChI is InChI=1S/C30H42N4O7SSi/c1-30(2,3)40-27(35)33-24(25(42)41-43(4,5)6)18-13-19-32-26(31)34(28(36)38-20-22-14-9-7-10-15-22)29(37)39-21-23-16-11-8-12-17-23/h7-12,14-17,24H,13,18-21H2,1-6H3,(H2,31,32)(H,33,35). The first-order valence-electron chi connectivity index (χ1n) is 13.9. The number of carbonyl (C=O) groups excluding carboxylic acids is 3. The first-order chi connectivity index (χ1) is 20.1. The van der Waals surface area contributed by atoms with Gasteiger partial charge in [0, 0.05) is 6.54 Å². The fourth-order valence-corrected chi connectivity index (χ4v) is 5.13. The number of guanidine groups is 1. The van der Waals surface area contributed by atoms with Crippen LogP contribution in [0, 0.1) is 0 Å². The van der Waals surface area contributed by atoms with Gasteiger partial charge in [0.15, 0.2) is 5.05 Å². The minimum Gasteiger partial charge on any atom is -0.538 e. The molecule has 0 bridgehead atoms. The molecule has 0 saturated carbocycles. The first kappa shape index (κ1) is 35.2. The van der Waals surface area contributed by atoms with E-state index < -0.39 is 44.2 Å². The van der Waals surface area contributed by atoms with Gasteiger partial charge < -0.3 is 29.7 Å². The maximum atomic E-state index is 13.0. The summed E-state index contributed by atoms with van der Waals surface area (Å²) in [5.74, 6) is -0.395. The van der Waals surface area contributed by atoms with Gasteiger partial charge in [-0.05, 0) is 76.6 Å². The van der Waals surface area contributed by atoms with E-state index >= 15 is 0 Å². The Bertz CT molecular complexity index is 1190. The molecule has 3 N–H and O–H groups in total. The number of carbonyl (C=O) groups is 3. The number of nitrogens with zero attached hydrogens (tertiary/aromatic N) is 2. The Morgan fingerprint density at radius 2 is 1.42 bits per heavy atom. The molecule has 0 fully saturated rings. The second-order valence-electron chi connectivity index (χ2n) is 11.5. The van der Waals surface area contributed by atoms with E-state index in [0.29, 0.717) is 17.7 Å². The zero-order chi connectivity index (χ0) is 32.0. The molecule has 0 radical (unpaired) electrons. The summed E-state index contributed by atoms with van der Waals surface area (Å²) in [6, 6.07) is 17.4. The molecular weight excluding hydrogens is 589 g/mol. The van der Waals surface area contributed by atoms with Gasteiger partial charge in [0.2, 0.25) is 14.3 Å². The summed E-state index contributed by atoms with van der Waals surface area (Å²) in [5, 5.41) is 3.01. The molecule has 0 saturated heterocycles. The third-order valence-corrected chi connectivity index (χ3v) is 6.66. The highest BCUT2D eigenvalue weighted by molar-refractivity contribution is 7.80. The van der Waals surface area contributed by atoms with Crippen LogP contribution in [0.15, 0.2) is 65.7 Å². The lowest BCUT2D eigenvalue weighted by atomic mass is 10.1. The number of hydrogen-bond donors (Lipinski definition) is 2. The van der Waals surface area contributed by atoms with Gasteiger partial charge >= 0.3 is 18.3 Å². The molecule has 1 unspecified atom stereocenters. The van der Waals surface area contributed by atoms with Gasteiger partial charge in [0.1, 0.15) is 18.8 Å². The largest absolute Gasteiger partial charge is 0.538 e. The minimum atomic E-state index is -2.04. The minimum absolute atomic E-state index is 0.0814. The molecular formula is C30H42N4O7SSi. The molecule has 0 aliphatic heterocycles. The Balaban J connectivity index is 2.11. The summed E-state index contributed by atoms with van der Waals surface area (Å²) >= 11 is 5.48. The number of rotatable bonds is 11. The molecule has 234 valence electrons. The maximum Gasteiger partial charge on any atom is 0.426 e. The predicted octanol–water partition coefficient (Wildman–Crippen LogP) is 6.13. The van der Waals surface area contributed by atoms with Crippen molar-refractivity contribution in [3.05, 3.63) is 71.8 Å². The summed E-state index contributed by atoms with van der Waals surface area (Å²) in [4.78, 5) is 43.2.